The van der Waals surface area contributed by atoms with Crippen LogP contribution >= 0.6 is 0 Å². The molecule has 0 aromatic rings. The predicted molar refractivity (Wildman–Crippen MR) is 146 cm³/mol. The van der Waals surface area contributed by atoms with Crippen LogP contribution < -0.4 is 5.32 Å². The molecule has 1 saturated carbocycles. The van der Waals surface area contributed by atoms with Gasteiger partial charge in [0.25, 0.3) is 5.91 Å². The lowest BCUT2D eigenvalue weighted by Gasteiger charge is -2.50. The van der Waals surface area contributed by atoms with Gasteiger partial charge in [-0.2, -0.15) is 0 Å². The molecule has 2 atom stereocenters. The Bertz CT molecular complexity index is 752. The number of aliphatic hydroxyl groups excluding tert-OH is 1. The smallest absolute Gasteiger partial charge is 0.310 e. The Morgan fingerprint density at radius 1 is 0.973 bits per heavy atom. The lowest BCUT2D eigenvalue weighted by atomic mass is 9.72. The lowest BCUT2D eigenvalue weighted by Crippen LogP contribution is -2.65. The first-order valence-electron chi connectivity index (χ1n) is 15.0. The molecule has 1 aliphatic carbocycles. The first kappa shape index (κ1) is 30.4. The van der Waals surface area contributed by atoms with Gasteiger partial charge in [0.2, 0.25) is 6.29 Å². The van der Waals surface area contributed by atoms with Crippen molar-refractivity contribution in [2.45, 2.75) is 167 Å². The van der Waals surface area contributed by atoms with Gasteiger partial charge in [0.05, 0.1) is 5.92 Å². The summed E-state index contributed by atoms with van der Waals surface area (Å²) in [6.45, 7) is 12.7. The first-order chi connectivity index (χ1) is 17.3. The molecule has 214 valence electrons. The second-order valence-corrected chi connectivity index (χ2v) is 13.4. The second-order valence-electron chi connectivity index (χ2n) is 13.4. The van der Waals surface area contributed by atoms with E-state index in [0.717, 1.165) is 38.5 Å². The van der Waals surface area contributed by atoms with Gasteiger partial charge in [0.15, 0.2) is 5.60 Å². The number of piperidine rings is 1. The highest BCUT2D eigenvalue weighted by Crippen LogP contribution is 2.51. The number of aliphatic hydroxyl groups is 1. The van der Waals surface area contributed by atoms with E-state index in [1.54, 1.807) is 6.92 Å². The van der Waals surface area contributed by atoms with Gasteiger partial charge in [0.1, 0.15) is 5.72 Å². The molecule has 3 rings (SSSR count). The fourth-order valence-corrected chi connectivity index (χ4v) is 7.17. The SMILES string of the molecule is CCC(C)C(=O)OC(O)CCN1C(=O)C2(CC(C)(C)NC(C)(C)C2)OC12CCCCCCCCCCC2. The molecule has 2 N–H and O–H groups in total. The number of hydrogen-bond donors (Lipinski definition) is 2. The topological polar surface area (TPSA) is 88.1 Å². The molecular formula is C30H54N2O5. The van der Waals surface area contributed by atoms with Crippen LogP contribution in [0.4, 0.5) is 0 Å². The largest absolute Gasteiger partial charge is 0.436 e. The number of hydrogen-bond acceptors (Lipinski definition) is 6. The van der Waals surface area contributed by atoms with Gasteiger partial charge in [-0.1, -0.05) is 58.8 Å². The van der Waals surface area contributed by atoms with Gasteiger partial charge < -0.3 is 24.8 Å². The van der Waals surface area contributed by atoms with E-state index in [1.165, 1.54) is 32.1 Å². The summed E-state index contributed by atoms with van der Waals surface area (Å²) < 4.78 is 12.5. The summed E-state index contributed by atoms with van der Waals surface area (Å²) in [5, 5.41) is 14.3. The fraction of sp³-hybridized carbons (Fsp3) is 0.933. The van der Waals surface area contributed by atoms with Gasteiger partial charge in [0, 0.05) is 36.9 Å². The van der Waals surface area contributed by atoms with E-state index >= 15 is 0 Å². The van der Waals surface area contributed by atoms with Gasteiger partial charge in [-0.25, -0.2) is 0 Å². The van der Waals surface area contributed by atoms with Gasteiger partial charge >= 0.3 is 5.97 Å². The molecule has 0 aromatic heterocycles. The van der Waals surface area contributed by atoms with E-state index in [9.17, 15) is 14.7 Å². The molecular weight excluding hydrogens is 468 g/mol. The maximum Gasteiger partial charge on any atom is 0.310 e. The summed E-state index contributed by atoms with van der Waals surface area (Å²) >= 11 is 0. The Morgan fingerprint density at radius 3 is 1.95 bits per heavy atom. The van der Waals surface area contributed by atoms with E-state index in [-0.39, 0.29) is 29.3 Å². The van der Waals surface area contributed by atoms with Crippen LogP contribution in [0, 0.1) is 5.92 Å². The van der Waals surface area contributed by atoms with Crippen molar-refractivity contribution in [1.82, 2.24) is 10.2 Å². The zero-order valence-corrected chi connectivity index (χ0v) is 24.5. The number of nitrogens with one attached hydrogen (secondary N) is 1. The summed E-state index contributed by atoms with van der Waals surface area (Å²) in [5.74, 6) is -0.604. The number of amides is 1. The number of esters is 1. The van der Waals surface area contributed by atoms with Crippen LogP contribution in [-0.4, -0.2) is 57.1 Å². The molecule has 3 aliphatic rings. The first-order valence-corrected chi connectivity index (χ1v) is 15.0. The number of nitrogens with zero attached hydrogens (tertiary/aromatic N) is 1. The zero-order chi connectivity index (χ0) is 27.3. The monoisotopic (exact) mass is 522 g/mol. The molecule has 7 nitrogen and oxygen atoms in total. The van der Waals surface area contributed by atoms with Crippen molar-refractivity contribution in [3.05, 3.63) is 0 Å². The summed E-state index contributed by atoms with van der Waals surface area (Å²) in [6.07, 6.45) is 13.2. The molecule has 2 heterocycles. The predicted octanol–water partition coefficient (Wildman–Crippen LogP) is 5.82. The molecule has 0 aromatic carbocycles. The third-order valence-electron chi connectivity index (χ3n) is 8.65. The minimum absolute atomic E-state index is 0.0442. The molecule has 2 saturated heterocycles. The van der Waals surface area contributed by atoms with Crippen LogP contribution in [0.3, 0.4) is 0 Å². The molecule has 0 bridgehead atoms. The van der Waals surface area contributed by atoms with Crippen molar-refractivity contribution in [2.75, 3.05) is 6.54 Å². The summed E-state index contributed by atoms with van der Waals surface area (Å²) in [4.78, 5) is 28.6. The van der Waals surface area contributed by atoms with E-state index < -0.39 is 23.6 Å². The van der Waals surface area contributed by atoms with Crippen LogP contribution in [0.15, 0.2) is 0 Å². The average Bonchev–Trinajstić information content (AvgIpc) is 2.98. The summed E-state index contributed by atoms with van der Waals surface area (Å²) in [5.41, 5.74) is -2.04. The van der Waals surface area contributed by atoms with Crippen LogP contribution in [0.1, 0.15) is 138 Å². The van der Waals surface area contributed by atoms with E-state index in [4.69, 9.17) is 9.47 Å². The molecule has 2 unspecified atom stereocenters. The number of carbonyl (C=O) groups excluding carboxylic acids is 2. The highest BCUT2D eigenvalue weighted by molar-refractivity contribution is 5.88. The molecule has 2 aliphatic heterocycles. The second kappa shape index (κ2) is 12.3. The van der Waals surface area contributed by atoms with Crippen molar-refractivity contribution in [3.8, 4) is 0 Å². The maximum absolute atomic E-state index is 14.4. The molecule has 0 radical (unpaired) electrons. The van der Waals surface area contributed by atoms with Crippen molar-refractivity contribution < 1.29 is 24.2 Å². The summed E-state index contributed by atoms with van der Waals surface area (Å²) in [6, 6.07) is 0. The number of ether oxygens (including phenoxy) is 2. The van der Waals surface area contributed by atoms with Crippen molar-refractivity contribution >= 4 is 11.9 Å². The maximum atomic E-state index is 14.4. The molecule has 2 spiro atoms. The van der Waals surface area contributed by atoms with Gasteiger partial charge in [-0.05, 0) is 59.8 Å². The molecule has 37 heavy (non-hydrogen) atoms. The fourth-order valence-electron chi connectivity index (χ4n) is 7.17. The van der Waals surface area contributed by atoms with Crippen LogP contribution in [0.25, 0.3) is 0 Å². The quantitative estimate of drug-likeness (QED) is 0.337. The van der Waals surface area contributed by atoms with E-state index in [2.05, 4.69) is 33.0 Å². The highest BCUT2D eigenvalue weighted by atomic mass is 16.6. The minimum atomic E-state index is -1.23. The average molecular weight is 523 g/mol. The molecule has 3 fully saturated rings. The Labute approximate surface area is 225 Å². The van der Waals surface area contributed by atoms with E-state index in [1.807, 2.05) is 11.8 Å². The Morgan fingerprint density at radius 2 is 1.46 bits per heavy atom. The molecule has 7 heteroatoms. The zero-order valence-electron chi connectivity index (χ0n) is 24.5. The van der Waals surface area contributed by atoms with Crippen molar-refractivity contribution in [1.29, 1.82) is 0 Å². The van der Waals surface area contributed by atoms with Crippen LogP contribution in [0.2, 0.25) is 0 Å². The highest BCUT2D eigenvalue weighted by Gasteiger charge is 2.64. The normalized spacial score (nSPS) is 27.3. The number of carbonyl (C=O) groups is 2. The lowest BCUT2D eigenvalue weighted by molar-refractivity contribution is -0.182. The van der Waals surface area contributed by atoms with Gasteiger partial charge in [-0.3, -0.25) is 9.59 Å². The Balaban J connectivity index is 1.87. The van der Waals surface area contributed by atoms with Crippen LogP contribution in [-0.2, 0) is 19.1 Å². The third kappa shape index (κ3) is 7.69. The van der Waals surface area contributed by atoms with Gasteiger partial charge in [-0.15, -0.1) is 0 Å². The van der Waals surface area contributed by atoms with E-state index in [0.29, 0.717) is 25.8 Å². The van der Waals surface area contributed by atoms with Crippen molar-refractivity contribution in [3.63, 3.8) is 0 Å². The standard InChI is InChI=1S/C30H54N2O5/c1-7-23(2)25(34)36-24(33)17-20-32-26(35)29(21-27(3,4)31-28(5,6)22-29)37-30(32)18-15-13-11-9-8-10-12-14-16-19-30/h23-24,31,33H,7-22H2,1-6H3. The summed E-state index contributed by atoms with van der Waals surface area (Å²) in [7, 11) is 0. The minimum Gasteiger partial charge on any atom is -0.436 e. The van der Waals surface area contributed by atoms with Crippen molar-refractivity contribution in [2.24, 2.45) is 5.92 Å². The number of rotatable bonds is 6. The third-order valence-corrected chi connectivity index (χ3v) is 8.65. The Hall–Kier alpha value is -1.18. The Kier molecular flexibility index (Phi) is 10.1. The molecule has 1 amide bonds. The van der Waals surface area contributed by atoms with Crippen LogP contribution in [0.5, 0.6) is 0 Å².